The molecule has 0 amide bonds. The fourth-order valence-electron chi connectivity index (χ4n) is 3.58. The molecule has 3 N–H and O–H groups in total. The maximum atomic E-state index is 12.9. The van der Waals surface area contributed by atoms with Crippen LogP contribution in [0.4, 0.5) is 0 Å². The Bertz CT molecular complexity index is 971. The van der Waals surface area contributed by atoms with Crippen molar-refractivity contribution >= 4 is 10.0 Å². The van der Waals surface area contributed by atoms with E-state index >= 15 is 0 Å². The van der Waals surface area contributed by atoms with Gasteiger partial charge in [0, 0.05) is 38.8 Å². The summed E-state index contributed by atoms with van der Waals surface area (Å²) in [6.45, 7) is 7.23. The molecule has 0 aliphatic carbocycles. The summed E-state index contributed by atoms with van der Waals surface area (Å²) < 4.78 is 34.1. The molecule has 1 aliphatic heterocycles. The van der Waals surface area contributed by atoms with Gasteiger partial charge in [-0.2, -0.15) is 0 Å². The van der Waals surface area contributed by atoms with Crippen molar-refractivity contribution in [2.24, 2.45) is 0 Å². The van der Waals surface area contributed by atoms with Crippen LogP contribution < -0.4 is 9.46 Å². The van der Waals surface area contributed by atoms with E-state index in [1.807, 2.05) is 20.9 Å². The van der Waals surface area contributed by atoms with Crippen LogP contribution in [0.2, 0.25) is 0 Å². The first kappa shape index (κ1) is 23.3. The average molecular weight is 450 g/mol. The van der Waals surface area contributed by atoms with Crippen molar-refractivity contribution in [3.8, 4) is 17.2 Å². The number of phenolic OH excluding ortho intramolecular Hbond substituents is 2. The Hall–Kier alpha value is -2.33. The number of phenols is 2. The van der Waals surface area contributed by atoms with E-state index in [2.05, 4.69) is 14.5 Å². The van der Waals surface area contributed by atoms with Gasteiger partial charge in [0.1, 0.15) is 5.75 Å². The van der Waals surface area contributed by atoms with Crippen molar-refractivity contribution in [1.82, 2.24) is 14.5 Å². The van der Waals surface area contributed by atoms with Crippen molar-refractivity contribution < 1.29 is 23.4 Å². The molecule has 0 spiro atoms. The number of hydrogen-bond donors (Lipinski definition) is 3. The highest BCUT2D eigenvalue weighted by molar-refractivity contribution is 7.89. The second-order valence-corrected chi connectivity index (χ2v) is 9.86. The van der Waals surface area contributed by atoms with E-state index in [-0.39, 0.29) is 35.1 Å². The summed E-state index contributed by atoms with van der Waals surface area (Å²) in [5.41, 5.74) is 0.739. The normalized spacial score (nSPS) is 17.0. The molecule has 2 aromatic carbocycles. The number of likely N-dealkylation sites (N-methyl/N-ethyl adjacent to an activating group) is 1. The van der Waals surface area contributed by atoms with Gasteiger partial charge in [0.15, 0.2) is 11.5 Å². The summed E-state index contributed by atoms with van der Waals surface area (Å²) in [5.74, 6) is 0.189. The standard InChI is InChI=1S/C22H31N3O5S/c1-16(2)30-18-5-7-19(8-6-18)31(28,29)23-15-20(25-12-10-24(3)11-13-25)17-4-9-21(26)22(27)14-17/h4-9,14,16,20,23,26-27H,10-13,15H2,1-3H3. The lowest BCUT2D eigenvalue weighted by Crippen LogP contribution is -2.48. The third kappa shape index (κ3) is 6.10. The van der Waals surface area contributed by atoms with Gasteiger partial charge in [0.25, 0.3) is 0 Å². The Morgan fingerprint density at radius 2 is 1.65 bits per heavy atom. The number of nitrogens with one attached hydrogen (secondary N) is 1. The molecule has 1 unspecified atom stereocenters. The Labute approximate surface area is 184 Å². The van der Waals surface area contributed by atoms with Gasteiger partial charge in [0.05, 0.1) is 11.0 Å². The quantitative estimate of drug-likeness (QED) is 0.531. The van der Waals surface area contributed by atoms with E-state index in [4.69, 9.17) is 4.74 Å². The van der Waals surface area contributed by atoms with Crippen molar-refractivity contribution in [1.29, 1.82) is 0 Å². The molecule has 1 saturated heterocycles. The van der Waals surface area contributed by atoms with Gasteiger partial charge in [-0.1, -0.05) is 6.07 Å². The van der Waals surface area contributed by atoms with Gasteiger partial charge < -0.3 is 19.8 Å². The lowest BCUT2D eigenvalue weighted by molar-refractivity contribution is 0.112. The highest BCUT2D eigenvalue weighted by Gasteiger charge is 2.26. The molecule has 0 radical (unpaired) electrons. The number of rotatable bonds is 8. The molecule has 9 heteroatoms. The minimum absolute atomic E-state index is 0.00616. The number of benzene rings is 2. The van der Waals surface area contributed by atoms with Crippen LogP contribution in [0.1, 0.15) is 25.5 Å². The smallest absolute Gasteiger partial charge is 0.240 e. The van der Waals surface area contributed by atoms with Gasteiger partial charge >= 0.3 is 0 Å². The zero-order valence-corrected chi connectivity index (χ0v) is 19.0. The van der Waals surface area contributed by atoms with Crippen LogP contribution in [0.15, 0.2) is 47.4 Å². The van der Waals surface area contributed by atoms with Crippen molar-refractivity contribution in [2.45, 2.75) is 30.9 Å². The lowest BCUT2D eigenvalue weighted by Gasteiger charge is -2.38. The molecule has 0 bridgehead atoms. The molecule has 1 aliphatic rings. The summed E-state index contributed by atoms with van der Waals surface area (Å²) in [4.78, 5) is 4.56. The molecule has 3 rings (SSSR count). The summed E-state index contributed by atoms with van der Waals surface area (Å²) in [6.07, 6.45) is 0.00616. The second-order valence-electron chi connectivity index (χ2n) is 8.09. The monoisotopic (exact) mass is 449 g/mol. The van der Waals surface area contributed by atoms with E-state index in [0.717, 1.165) is 31.7 Å². The van der Waals surface area contributed by atoms with Crippen molar-refractivity contribution in [2.75, 3.05) is 39.8 Å². The topological polar surface area (TPSA) is 102 Å². The van der Waals surface area contributed by atoms with E-state index < -0.39 is 10.0 Å². The molecule has 8 nitrogen and oxygen atoms in total. The van der Waals surface area contributed by atoms with E-state index in [1.54, 1.807) is 18.2 Å². The molecule has 1 heterocycles. The largest absolute Gasteiger partial charge is 0.504 e. The number of nitrogens with zero attached hydrogens (tertiary/aromatic N) is 2. The first-order valence-corrected chi connectivity index (χ1v) is 11.8. The summed E-state index contributed by atoms with van der Waals surface area (Å²) in [6, 6.07) is 10.7. The molecule has 1 atom stereocenters. The Morgan fingerprint density at radius 3 is 2.23 bits per heavy atom. The number of sulfonamides is 1. The van der Waals surface area contributed by atoms with Gasteiger partial charge in [-0.3, -0.25) is 4.90 Å². The Balaban J connectivity index is 1.78. The number of aromatic hydroxyl groups is 2. The summed E-state index contributed by atoms with van der Waals surface area (Å²) >= 11 is 0. The highest BCUT2D eigenvalue weighted by atomic mass is 32.2. The number of hydrogen-bond acceptors (Lipinski definition) is 7. The average Bonchev–Trinajstić information content (AvgIpc) is 2.72. The second kappa shape index (κ2) is 9.86. The van der Waals surface area contributed by atoms with Gasteiger partial charge in [-0.05, 0) is 62.9 Å². The highest BCUT2D eigenvalue weighted by Crippen LogP contribution is 2.31. The zero-order chi connectivity index (χ0) is 22.6. The predicted molar refractivity (Wildman–Crippen MR) is 119 cm³/mol. The third-order valence-electron chi connectivity index (χ3n) is 5.34. The molecule has 0 aromatic heterocycles. The summed E-state index contributed by atoms with van der Waals surface area (Å²) in [5, 5.41) is 19.6. The van der Waals surface area contributed by atoms with E-state index in [0.29, 0.717) is 5.75 Å². The van der Waals surface area contributed by atoms with Crippen LogP contribution in [0.5, 0.6) is 17.2 Å². The fraction of sp³-hybridized carbons (Fsp3) is 0.455. The first-order chi connectivity index (χ1) is 14.7. The Kier molecular flexibility index (Phi) is 7.42. The van der Waals surface area contributed by atoms with Crippen LogP contribution in [0.3, 0.4) is 0 Å². The summed E-state index contributed by atoms with van der Waals surface area (Å²) in [7, 11) is -1.68. The molecule has 170 valence electrons. The molecular weight excluding hydrogens is 418 g/mol. The minimum atomic E-state index is -3.73. The van der Waals surface area contributed by atoms with E-state index in [9.17, 15) is 18.6 Å². The van der Waals surface area contributed by atoms with E-state index in [1.165, 1.54) is 24.3 Å². The molecule has 2 aromatic rings. The van der Waals surface area contributed by atoms with Crippen LogP contribution in [0, 0.1) is 0 Å². The Morgan fingerprint density at radius 1 is 1.00 bits per heavy atom. The molecule has 1 fully saturated rings. The van der Waals surface area contributed by atoms with Crippen molar-refractivity contribution in [3.05, 3.63) is 48.0 Å². The first-order valence-electron chi connectivity index (χ1n) is 10.4. The lowest BCUT2D eigenvalue weighted by atomic mass is 10.0. The van der Waals surface area contributed by atoms with Gasteiger partial charge in [-0.25, -0.2) is 13.1 Å². The van der Waals surface area contributed by atoms with Crippen molar-refractivity contribution in [3.63, 3.8) is 0 Å². The van der Waals surface area contributed by atoms with Gasteiger partial charge in [-0.15, -0.1) is 0 Å². The molecule has 31 heavy (non-hydrogen) atoms. The maximum absolute atomic E-state index is 12.9. The van der Waals surface area contributed by atoms with Crippen LogP contribution in [-0.2, 0) is 10.0 Å². The maximum Gasteiger partial charge on any atom is 0.240 e. The number of piperazine rings is 1. The van der Waals surface area contributed by atoms with Gasteiger partial charge in [0.2, 0.25) is 10.0 Å². The number of ether oxygens (including phenoxy) is 1. The van der Waals surface area contributed by atoms with Crippen LogP contribution >= 0.6 is 0 Å². The zero-order valence-electron chi connectivity index (χ0n) is 18.2. The molecule has 0 saturated carbocycles. The molecular formula is C22H31N3O5S. The predicted octanol–water partition coefficient (Wildman–Crippen LogP) is 2.15. The fourth-order valence-corrected chi connectivity index (χ4v) is 4.62. The third-order valence-corrected chi connectivity index (χ3v) is 6.77. The SMILES string of the molecule is CC(C)Oc1ccc(S(=O)(=O)NCC(c2ccc(O)c(O)c2)N2CCN(C)CC2)cc1. The van der Waals surface area contributed by atoms with Crippen LogP contribution in [0.25, 0.3) is 0 Å². The minimum Gasteiger partial charge on any atom is -0.504 e. The van der Waals surface area contributed by atoms with Crippen LogP contribution in [-0.4, -0.2) is 74.3 Å².